The second kappa shape index (κ2) is 3.88. The van der Waals surface area contributed by atoms with Gasteiger partial charge in [-0.3, -0.25) is 0 Å². The number of nitrogens with zero attached hydrogens (tertiary/aromatic N) is 1. The van der Waals surface area contributed by atoms with Crippen molar-refractivity contribution in [2.45, 2.75) is 25.7 Å². The third-order valence-electron chi connectivity index (χ3n) is 3.97. The predicted octanol–water partition coefficient (Wildman–Crippen LogP) is 1.76. The van der Waals surface area contributed by atoms with E-state index in [0.717, 1.165) is 12.0 Å². The van der Waals surface area contributed by atoms with Crippen molar-refractivity contribution in [3.05, 3.63) is 17.8 Å². The number of aliphatic hydroxyl groups is 1. The Balaban J connectivity index is 2.50. The van der Waals surface area contributed by atoms with Gasteiger partial charge in [-0.1, -0.05) is 13.8 Å². The Kier molecular flexibility index (Phi) is 2.78. The van der Waals surface area contributed by atoms with Crippen molar-refractivity contribution in [2.24, 2.45) is 5.41 Å². The minimum Gasteiger partial charge on any atom is -0.495 e. The summed E-state index contributed by atoms with van der Waals surface area (Å²) in [5.41, 5.74) is 0.843. The van der Waals surface area contributed by atoms with Gasteiger partial charge in [-0.2, -0.15) is 0 Å². The molecule has 0 aromatic carbocycles. The third-order valence-corrected chi connectivity index (χ3v) is 3.97. The summed E-state index contributed by atoms with van der Waals surface area (Å²) in [5, 5.41) is 9.71. The Bertz CT molecular complexity index is 431. The Hall–Kier alpha value is -1.29. The topological polar surface area (TPSA) is 51.6 Å². The molecule has 0 spiro atoms. The number of hydrogen-bond acceptors (Lipinski definition) is 4. The van der Waals surface area contributed by atoms with E-state index in [-0.39, 0.29) is 17.4 Å². The van der Waals surface area contributed by atoms with Crippen molar-refractivity contribution in [2.75, 3.05) is 20.8 Å². The number of ether oxygens (including phenoxy) is 2. The highest BCUT2D eigenvalue weighted by Gasteiger charge is 2.62. The molecular weight excluding hydrogens is 218 g/mol. The lowest BCUT2D eigenvalue weighted by Crippen LogP contribution is -2.20. The van der Waals surface area contributed by atoms with Crippen molar-refractivity contribution in [3.63, 3.8) is 0 Å². The smallest absolute Gasteiger partial charge is 0.213 e. The lowest BCUT2D eigenvalue weighted by atomic mass is 9.88. The van der Waals surface area contributed by atoms with E-state index in [1.807, 2.05) is 6.07 Å². The summed E-state index contributed by atoms with van der Waals surface area (Å²) in [6.45, 7) is 4.41. The summed E-state index contributed by atoms with van der Waals surface area (Å²) in [5.74, 6) is 1.27. The van der Waals surface area contributed by atoms with E-state index < -0.39 is 0 Å². The molecule has 2 rings (SSSR count). The fourth-order valence-corrected chi connectivity index (χ4v) is 2.60. The first-order chi connectivity index (χ1) is 8.00. The van der Waals surface area contributed by atoms with Crippen LogP contribution >= 0.6 is 0 Å². The highest BCUT2D eigenvalue weighted by molar-refractivity contribution is 5.47. The third kappa shape index (κ3) is 1.67. The molecule has 1 atom stereocenters. The van der Waals surface area contributed by atoms with Crippen molar-refractivity contribution in [1.29, 1.82) is 0 Å². The Morgan fingerprint density at radius 2 is 2.00 bits per heavy atom. The van der Waals surface area contributed by atoms with Crippen LogP contribution in [-0.4, -0.2) is 30.9 Å². The van der Waals surface area contributed by atoms with E-state index >= 15 is 0 Å². The van der Waals surface area contributed by atoms with Crippen LogP contribution in [0.25, 0.3) is 0 Å². The SMILES string of the molecule is COc1cc(C2(CO)CC2(C)C)c(OC)cn1. The molecule has 1 fully saturated rings. The van der Waals surface area contributed by atoms with E-state index in [1.54, 1.807) is 20.4 Å². The van der Waals surface area contributed by atoms with Gasteiger partial charge < -0.3 is 14.6 Å². The molecule has 1 aromatic rings. The molecule has 17 heavy (non-hydrogen) atoms. The predicted molar refractivity (Wildman–Crippen MR) is 64.5 cm³/mol. The number of aromatic nitrogens is 1. The molecule has 0 radical (unpaired) electrons. The lowest BCUT2D eigenvalue weighted by molar-refractivity contribution is 0.227. The highest BCUT2D eigenvalue weighted by Crippen LogP contribution is 2.65. The maximum atomic E-state index is 9.71. The van der Waals surface area contributed by atoms with E-state index in [2.05, 4.69) is 18.8 Å². The van der Waals surface area contributed by atoms with Gasteiger partial charge in [0.25, 0.3) is 0 Å². The van der Waals surface area contributed by atoms with Gasteiger partial charge in [-0.25, -0.2) is 4.98 Å². The van der Waals surface area contributed by atoms with Crippen LogP contribution in [0.5, 0.6) is 11.6 Å². The molecule has 1 aromatic heterocycles. The second-order valence-corrected chi connectivity index (χ2v) is 5.23. The van der Waals surface area contributed by atoms with Gasteiger partial charge in [-0.05, 0) is 11.8 Å². The molecule has 4 nitrogen and oxygen atoms in total. The highest BCUT2D eigenvalue weighted by atomic mass is 16.5. The van der Waals surface area contributed by atoms with Gasteiger partial charge in [0.2, 0.25) is 5.88 Å². The molecule has 0 aliphatic heterocycles. The zero-order chi connectivity index (χ0) is 12.7. The van der Waals surface area contributed by atoms with Crippen molar-refractivity contribution in [3.8, 4) is 11.6 Å². The minimum absolute atomic E-state index is 0.0847. The average Bonchev–Trinajstić information content (AvgIpc) is 2.92. The molecule has 1 N–H and O–H groups in total. The first-order valence-electron chi connectivity index (χ1n) is 5.70. The average molecular weight is 237 g/mol. The van der Waals surface area contributed by atoms with Crippen molar-refractivity contribution < 1.29 is 14.6 Å². The van der Waals surface area contributed by atoms with Crippen LogP contribution in [0.15, 0.2) is 12.3 Å². The van der Waals surface area contributed by atoms with E-state index in [9.17, 15) is 5.11 Å². The van der Waals surface area contributed by atoms with Crippen LogP contribution in [0.1, 0.15) is 25.8 Å². The Morgan fingerprint density at radius 3 is 2.41 bits per heavy atom. The summed E-state index contributed by atoms with van der Waals surface area (Å²) >= 11 is 0. The van der Waals surface area contributed by atoms with E-state index in [0.29, 0.717) is 11.6 Å². The number of hydrogen-bond donors (Lipinski definition) is 1. The maximum absolute atomic E-state index is 9.71. The summed E-state index contributed by atoms with van der Waals surface area (Å²) < 4.78 is 10.5. The molecule has 1 heterocycles. The van der Waals surface area contributed by atoms with E-state index in [4.69, 9.17) is 9.47 Å². The Labute approximate surface area is 102 Å². The van der Waals surface area contributed by atoms with Gasteiger partial charge in [0.15, 0.2) is 0 Å². The van der Waals surface area contributed by atoms with Gasteiger partial charge in [0, 0.05) is 17.0 Å². The zero-order valence-electron chi connectivity index (χ0n) is 10.8. The van der Waals surface area contributed by atoms with Crippen LogP contribution < -0.4 is 9.47 Å². The number of rotatable bonds is 4. The van der Waals surface area contributed by atoms with Gasteiger partial charge >= 0.3 is 0 Å². The van der Waals surface area contributed by atoms with Crippen molar-refractivity contribution in [1.82, 2.24) is 4.98 Å². The van der Waals surface area contributed by atoms with Crippen LogP contribution in [0.3, 0.4) is 0 Å². The summed E-state index contributed by atoms with van der Waals surface area (Å²) in [6.07, 6.45) is 2.60. The van der Waals surface area contributed by atoms with Crippen LogP contribution in [0, 0.1) is 5.41 Å². The fourth-order valence-electron chi connectivity index (χ4n) is 2.60. The maximum Gasteiger partial charge on any atom is 0.213 e. The molecule has 0 saturated heterocycles. The number of aliphatic hydroxyl groups excluding tert-OH is 1. The standard InChI is InChI=1S/C13H19NO3/c1-12(2)7-13(12,8-15)9-5-11(17-4)14-6-10(9)16-3/h5-6,15H,7-8H2,1-4H3. The number of methoxy groups -OCH3 is 2. The van der Waals surface area contributed by atoms with Crippen LogP contribution in [-0.2, 0) is 5.41 Å². The zero-order valence-corrected chi connectivity index (χ0v) is 10.8. The summed E-state index contributed by atoms with van der Waals surface area (Å²) in [4.78, 5) is 4.12. The molecule has 94 valence electrons. The first kappa shape index (κ1) is 12.2. The molecule has 0 bridgehead atoms. The number of pyridine rings is 1. The fraction of sp³-hybridized carbons (Fsp3) is 0.615. The lowest BCUT2D eigenvalue weighted by Gasteiger charge is -2.21. The van der Waals surface area contributed by atoms with Gasteiger partial charge in [0.1, 0.15) is 5.75 Å². The molecule has 1 aliphatic rings. The van der Waals surface area contributed by atoms with E-state index in [1.165, 1.54) is 0 Å². The summed E-state index contributed by atoms with van der Waals surface area (Å²) in [6, 6.07) is 1.86. The first-order valence-corrected chi connectivity index (χ1v) is 5.70. The molecular formula is C13H19NO3. The molecule has 0 amide bonds. The van der Waals surface area contributed by atoms with Crippen molar-refractivity contribution >= 4 is 0 Å². The quantitative estimate of drug-likeness (QED) is 0.867. The second-order valence-electron chi connectivity index (χ2n) is 5.23. The largest absolute Gasteiger partial charge is 0.495 e. The Morgan fingerprint density at radius 1 is 1.35 bits per heavy atom. The molecule has 1 saturated carbocycles. The minimum atomic E-state index is -0.228. The van der Waals surface area contributed by atoms with Gasteiger partial charge in [0.05, 0.1) is 27.0 Å². The van der Waals surface area contributed by atoms with Crippen LogP contribution in [0.4, 0.5) is 0 Å². The molecule has 1 aliphatic carbocycles. The molecule has 4 heteroatoms. The monoisotopic (exact) mass is 237 g/mol. The molecule has 1 unspecified atom stereocenters. The van der Waals surface area contributed by atoms with Crippen LogP contribution in [0.2, 0.25) is 0 Å². The van der Waals surface area contributed by atoms with Gasteiger partial charge in [-0.15, -0.1) is 0 Å². The summed E-state index contributed by atoms with van der Waals surface area (Å²) in [7, 11) is 3.20. The normalized spacial score (nSPS) is 25.5.